The first-order chi connectivity index (χ1) is 13.3. The van der Waals surface area contributed by atoms with Crippen molar-refractivity contribution < 1.29 is 22.3 Å². The topological polar surface area (TPSA) is 66.9 Å². The Labute approximate surface area is 172 Å². The molecule has 1 amide bonds. The maximum Gasteiger partial charge on any atom is 0.255 e. The molecule has 3 rings (SSSR count). The van der Waals surface area contributed by atoms with Gasteiger partial charge in [-0.1, -0.05) is 0 Å². The van der Waals surface area contributed by atoms with E-state index >= 15 is 0 Å². The largest absolute Gasteiger partial charge is 0.494 e. The number of hydrogen-bond donors (Lipinski definition) is 0. The van der Waals surface area contributed by atoms with Gasteiger partial charge in [0.15, 0.2) is 0 Å². The zero-order valence-electron chi connectivity index (χ0n) is 15.3. The summed E-state index contributed by atoms with van der Waals surface area (Å²) in [6.07, 6.45) is 0. The molecule has 0 saturated carbocycles. The number of piperazine rings is 1. The molecule has 0 aromatic heterocycles. The summed E-state index contributed by atoms with van der Waals surface area (Å²) in [7, 11) is -3.65. The number of sulfonamides is 1. The lowest BCUT2D eigenvalue weighted by atomic mass is 10.2. The Morgan fingerprint density at radius 3 is 2.36 bits per heavy atom. The molecule has 0 atom stereocenters. The number of hydrogen-bond acceptors (Lipinski definition) is 4. The number of halogens is 2. The van der Waals surface area contributed by atoms with Crippen molar-refractivity contribution in [2.24, 2.45) is 0 Å². The van der Waals surface area contributed by atoms with Crippen LogP contribution in [0, 0.1) is 5.82 Å². The summed E-state index contributed by atoms with van der Waals surface area (Å²) in [5.74, 6) is -0.217. The third kappa shape index (κ3) is 4.37. The highest BCUT2D eigenvalue weighted by Gasteiger charge is 2.31. The molecular weight excluding hydrogens is 451 g/mol. The van der Waals surface area contributed by atoms with Crippen LogP contribution in [0.2, 0.25) is 0 Å². The minimum Gasteiger partial charge on any atom is -0.494 e. The number of nitrogens with zero attached hydrogens (tertiary/aromatic N) is 2. The Hall–Kier alpha value is -1.97. The molecule has 1 aliphatic heterocycles. The van der Waals surface area contributed by atoms with Crippen LogP contribution in [0.15, 0.2) is 51.8 Å². The summed E-state index contributed by atoms with van der Waals surface area (Å²) in [5, 5.41) is 0. The molecule has 2 aromatic carbocycles. The first kappa shape index (κ1) is 20.8. The summed E-state index contributed by atoms with van der Waals surface area (Å²) < 4.78 is 46.3. The van der Waals surface area contributed by atoms with E-state index in [-0.39, 0.29) is 42.5 Å². The van der Waals surface area contributed by atoms with Crippen molar-refractivity contribution in [3.8, 4) is 5.75 Å². The van der Waals surface area contributed by atoms with Crippen molar-refractivity contribution >= 4 is 31.9 Å². The van der Waals surface area contributed by atoms with E-state index in [0.717, 1.165) is 0 Å². The smallest absolute Gasteiger partial charge is 0.255 e. The van der Waals surface area contributed by atoms with Gasteiger partial charge in [0.05, 0.1) is 17.1 Å². The quantitative estimate of drug-likeness (QED) is 0.672. The number of benzene rings is 2. The fourth-order valence-electron chi connectivity index (χ4n) is 2.99. The van der Waals surface area contributed by atoms with Gasteiger partial charge >= 0.3 is 0 Å². The van der Waals surface area contributed by atoms with Crippen molar-refractivity contribution in [3.63, 3.8) is 0 Å². The Morgan fingerprint density at radius 2 is 1.75 bits per heavy atom. The average molecular weight is 471 g/mol. The van der Waals surface area contributed by atoms with Crippen molar-refractivity contribution in [3.05, 3.63) is 58.3 Å². The number of rotatable bonds is 5. The van der Waals surface area contributed by atoms with Gasteiger partial charge in [-0.2, -0.15) is 4.31 Å². The number of carbonyl (C=O) groups is 1. The highest BCUT2D eigenvalue weighted by Crippen LogP contribution is 2.23. The van der Waals surface area contributed by atoms with E-state index < -0.39 is 15.8 Å². The van der Waals surface area contributed by atoms with Crippen LogP contribution >= 0.6 is 15.9 Å². The molecule has 6 nitrogen and oxygen atoms in total. The van der Waals surface area contributed by atoms with Gasteiger partial charge in [-0.3, -0.25) is 4.79 Å². The maximum absolute atomic E-state index is 13.5. The molecule has 0 bridgehead atoms. The molecule has 1 fully saturated rings. The maximum atomic E-state index is 13.5. The zero-order valence-corrected chi connectivity index (χ0v) is 17.7. The summed E-state index contributed by atoms with van der Waals surface area (Å²) in [6, 6.07) is 10.2. The highest BCUT2D eigenvalue weighted by molar-refractivity contribution is 9.10. The van der Waals surface area contributed by atoms with Gasteiger partial charge in [0.25, 0.3) is 5.91 Å². The van der Waals surface area contributed by atoms with E-state index in [1.54, 1.807) is 12.1 Å². The van der Waals surface area contributed by atoms with E-state index in [4.69, 9.17) is 4.74 Å². The number of ether oxygens (including phenoxy) is 1. The van der Waals surface area contributed by atoms with Gasteiger partial charge in [-0.05, 0) is 65.3 Å². The monoisotopic (exact) mass is 470 g/mol. The highest BCUT2D eigenvalue weighted by atomic mass is 79.9. The van der Waals surface area contributed by atoms with Crippen molar-refractivity contribution in [2.75, 3.05) is 32.8 Å². The van der Waals surface area contributed by atoms with Gasteiger partial charge in [-0.25, -0.2) is 12.8 Å². The second-order valence-corrected chi connectivity index (χ2v) is 9.02. The Balaban J connectivity index is 1.68. The van der Waals surface area contributed by atoms with Crippen LogP contribution in [0.3, 0.4) is 0 Å². The fourth-order valence-corrected chi connectivity index (χ4v) is 4.83. The van der Waals surface area contributed by atoms with E-state index in [1.165, 1.54) is 39.5 Å². The molecule has 0 unspecified atom stereocenters. The molecule has 1 aliphatic rings. The van der Waals surface area contributed by atoms with Crippen molar-refractivity contribution in [1.82, 2.24) is 9.21 Å². The molecule has 1 heterocycles. The van der Waals surface area contributed by atoms with Gasteiger partial charge in [0.2, 0.25) is 10.0 Å². The van der Waals surface area contributed by atoms with Crippen LogP contribution in [0.1, 0.15) is 17.3 Å². The first-order valence-electron chi connectivity index (χ1n) is 8.80. The zero-order chi connectivity index (χ0) is 20.3. The van der Waals surface area contributed by atoms with Gasteiger partial charge in [0, 0.05) is 30.7 Å². The molecule has 28 heavy (non-hydrogen) atoms. The molecule has 9 heteroatoms. The molecule has 2 aromatic rings. The lowest BCUT2D eigenvalue weighted by molar-refractivity contribution is 0.0696. The van der Waals surface area contributed by atoms with Crippen LogP contribution < -0.4 is 4.74 Å². The lowest BCUT2D eigenvalue weighted by Crippen LogP contribution is -2.50. The van der Waals surface area contributed by atoms with Crippen LogP contribution in [-0.4, -0.2) is 56.3 Å². The van der Waals surface area contributed by atoms with Gasteiger partial charge < -0.3 is 9.64 Å². The van der Waals surface area contributed by atoms with E-state index in [0.29, 0.717) is 16.8 Å². The van der Waals surface area contributed by atoms with Crippen LogP contribution in [0.5, 0.6) is 5.75 Å². The summed E-state index contributed by atoms with van der Waals surface area (Å²) in [5.41, 5.74) is 0.225. The van der Waals surface area contributed by atoms with E-state index in [1.807, 2.05) is 6.92 Å². The van der Waals surface area contributed by atoms with E-state index in [9.17, 15) is 17.6 Å². The molecule has 0 spiro atoms. The Kier molecular flexibility index (Phi) is 6.36. The molecule has 1 saturated heterocycles. The third-order valence-corrected chi connectivity index (χ3v) is 7.06. The predicted octanol–water partition coefficient (Wildman–Crippen LogP) is 3.13. The van der Waals surface area contributed by atoms with Crippen molar-refractivity contribution in [2.45, 2.75) is 11.8 Å². The minimum absolute atomic E-state index is 0.175. The van der Waals surface area contributed by atoms with Crippen molar-refractivity contribution in [1.29, 1.82) is 0 Å². The van der Waals surface area contributed by atoms with Gasteiger partial charge in [-0.15, -0.1) is 0 Å². The van der Waals surface area contributed by atoms with Crippen LogP contribution in [-0.2, 0) is 10.0 Å². The summed E-state index contributed by atoms with van der Waals surface area (Å²) in [4.78, 5) is 14.4. The molecule has 0 radical (unpaired) electrons. The SMILES string of the molecule is CCOc1ccc(S(=O)(=O)N2CCN(C(=O)c3cc(F)ccc3Br)CC2)cc1. The normalized spacial score (nSPS) is 15.5. The second-order valence-electron chi connectivity index (χ2n) is 6.22. The molecule has 150 valence electrons. The van der Waals surface area contributed by atoms with Crippen LogP contribution in [0.4, 0.5) is 4.39 Å². The number of amides is 1. The third-order valence-electron chi connectivity index (χ3n) is 4.46. The predicted molar refractivity (Wildman–Crippen MR) is 106 cm³/mol. The minimum atomic E-state index is -3.65. The second kappa shape index (κ2) is 8.59. The fraction of sp³-hybridized carbons (Fsp3) is 0.316. The Morgan fingerprint density at radius 1 is 1.11 bits per heavy atom. The van der Waals surface area contributed by atoms with Crippen LogP contribution in [0.25, 0.3) is 0 Å². The molecule has 0 aliphatic carbocycles. The number of carbonyl (C=O) groups excluding carboxylic acids is 1. The standard InChI is InChI=1S/C19H20BrFN2O4S/c1-2-27-15-4-6-16(7-5-15)28(25,26)23-11-9-22(10-12-23)19(24)17-13-14(21)3-8-18(17)20/h3-8,13H,2,9-12H2,1H3. The summed E-state index contributed by atoms with van der Waals surface area (Å²) >= 11 is 3.26. The van der Waals surface area contributed by atoms with E-state index in [2.05, 4.69) is 15.9 Å². The Bertz CT molecular complexity index is 958. The van der Waals surface area contributed by atoms with Gasteiger partial charge in [0.1, 0.15) is 11.6 Å². The molecule has 0 N–H and O–H groups in total. The lowest BCUT2D eigenvalue weighted by Gasteiger charge is -2.34. The first-order valence-corrected chi connectivity index (χ1v) is 11.0. The summed E-state index contributed by atoms with van der Waals surface area (Å²) in [6.45, 7) is 3.18. The average Bonchev–Trinajstić information content (AvgIpc) is 2.70. The molecular formula is C19H20BrFN2O4S.